The molecule has 0 aliphatic carbocycles. The van der Waals surface area contributed by atoms with Gasteiger partial charge in [0.1, 0.15) is 23.7 Å². The Bertz CT molecular complexity index is 532. The lowest BCUT2D eigenvalue weighted by molar-refractivity contribution is -0.143. The fraction of sp³-hybridized carbons (Fsp3) is 0.467. The third kappa shape index (κ3) is 4.24. The van der Waals surface area contributed by atoms with E-state index in [0.717, 1.165) is 11.0 Å². The van der Waals surface area contributed by atoms with Crippen molar-refractivity contribution in [2.45, 2.75) is 27.2 Å². The van der Waals surface area contributed by atoms with Crippen LogP contribution in [0.5, 0.6) is 0 Å². The predicted octanol–water partition coefficient (Wildman–Crippen LogP) is 2.69. The highest BCUT2D eigenvalue weighted by Gasteiger charge is 2.25. The van der Waals surface area contributed by atoms with E-state index in [-0.39, 0.29) is 25.3 Å². The summed E-state index contributed by atoms with van der Waals surface area (Å²) in [6.07, 6.45) is 0.556. The van der Waals surface area contributed by atoms with Crippen LogP contribution in [0, 0.1) is 18.6 Å². The van der Waals surface area contributed by atoms with Crippen LogP contribution in [0.25, 0.3) is 0 Å². The molecule has 0 aromatic heterocycles. The first-order valence-electron chi connectivity index (χ1n) is 6.81. The molecule has 0 heterocycles. The molecule has 0 N–H and O–H groups in total. The average Bonchev–Trinajstić information content (AvgIpc) is 2.43. The third-order valence-electron chi connectivity index (χ3n) is 2.90. The van der Waals surface area contributed by atoms with Gasteiger partial charge in [-0.3, -0.25) is 9.59 Å². The number of hydrogen-bond donors (Lipinski definition) is 0. The summed E-state index contributed by atoms with van der Waals surface area (Å²) in [5.41, 5.74) is -0.458. The van der Waals surface area contributed by atoms with Crippen molar-refractivity contribution in [3.63, 3.8) is 0 Å². The second-order valence-electron chi connectivity index (χ2n) is 4.58. The maximum absolute atomic E-state index is 14.0. The molecular weight excluding hydrogens is 280 g/mol. The van der Waals surface area contributed by atoms with Crippen LogP contribution in [-0.2, 0) is 9.53 Å². The van der Waals surface area contributed by atoms with Gasteiger partial charge < -0.3 is 9.64 Å². The summed E-state index contributed by atoms with van der Waals surface area (Å²) in [6.45, 7) is 4.96. The van der Waals surface area contributed by atoms with Gasteiger partial charge in [0.25, 0.3) is 5.91 Å². The number of benzene rings is 1. The maximum atomic E-state index is 14.0. The van der Waals surface area contributed by atoms with Crippen LogP contribution in [0.3, 0.4) is 0 Å². The molecule has 21 heavy (non-hydrogen) atoms. The molecule has 0 saturated heterocycles. The van der Waals surface area contributed by atoms with Crippen molar-refractivity contribution in [2.24, 2.45) is 0 Å². The number of ether oxygens (including phenoxy) is 1. The summed E-state index contributed by atoms with van der Waals surface area (Å²) in [5.74, 6) is -3.28. The monoisotopic (exact) mass is 299 g/mol. The lowest BCUT2D eigenvalue weighted by Gasteiger charge is -2.21. The summed E-state index contributed by atoms with van der Waals surface area (Å²) in [7, 11) is 0. The van der Waals surface area contributed by atoms with Crippen LogP contribution in [-0.4, -0.2) is 36.5 Å². The zero-order valence-electron chi connectivity index (χ0n) is 12.4. The first-order chi connectivity index (χ1) is 9.92. The van der Waals surface area contributed by atoms with Crippen LogP contribution < -0.4 is 0 Å². The van der Waals surface area contributed by atoms with Crippen molar-refractivity contribution in [3.8, 4) is 0 Å². The Morgan fingerprint density at radius 1 is 1.24 bits per heavy atom. The number of amides is 1. The predicted molar refractivity (Wildman–Crippen MR) is 73.9 cm³/mol. The molecule has 1 rings (SSSR count). The molecule has 0 aliphatic heterocycles. The zero-order chi connectivity index (χ0) is 16.0. The molecule has 0 spiro atoms. The number of rotatable bonds is 6. The zero-order valence-corrected chi connectivity index (χ0v) is 12.4. The van der Waals surface area contributed by atoms with Gasteiger partial charge in [-0.15, -0.1) is 0 Å². The number of aryl methyl sites for hydroxylation is 1. The van der Waals surface area contributed by atoms with Crippen molar-refractivity contribution in [2.75, 3.05) is 19.7 Å². The number of halogens is 2. The molecule has 0 fully saturated rings. The molecular formula is C15H19F2NO3. The second kappa shape index (κ2) is 7.71. The van der Waals surface area contributed by atoms with Crippen LogP contribution >= 0.6 is 0 Å². The van der Waals surface area contributed by atoms with E-state index in [1.54, 1.807) is 13.8 Å². The summed E-state index contributed by atoms with van der Waals surface area (Å²) in [6, 6.07) is 2.30. The highest BCUT2D eigenvalue weighted by Crippen LogP contribution is 2.18. The minimum Gasteiger partial charge on any atom is -0.465 e. The normalized spacial score (nSPS) is 10.3. The Kier molecular flexibility index (Phi) is 6.27. The van der Waals surface area contributed by atoms with Gasteiger partial charge in [0.2, 0.25) is 0 Å². The summed E-state index contributed by atoms with van der Waals surface area (Å²) < 4.78 is 32.5. The SMILES string of the molecule is CCCN(CC(=O)OCC)C(=O)c1c(F)ccc(C)c1F. The van der Waals surface area contributed by atoms with Gasteiger partial charge in [-0.25, -0.2) is 8.78 Å². The summed E-state index contributed by atoms with van der Waals surface area (Å²) >= 11 is 0. The quantitative estimate of drug-likeness (QED) is 0.759. The van der Waals surface area contributed by atoms with Crippen LogP contribution in [0.1, 0.15) is 36.2 Å². The fourth-order valence-electron chi connectivity index (χ4n) is 1.90. The minimum absolute atomic E-state index is 0.173. The molecule has 0 radical (unpaired) electrons. The smallest absolute Gasteiger partial charge is 0.325 e. The van der Waals surface area contributed by atoms with Crippen LogP contribution in [0.4, 0.5) is 8.78 Å². The van der Waals surface area contributed by atoms with E-state index in [2.05, 4.69) is 0 Å². The first-order valence-corrected chi connectivity index (χ1v) is 6.81. The summed E-state index contributed by atoms with van der Waals surface area (Å²) in [5, 5.41) is 0. The Morgan fingerprint density at radius 3 is 2.48 bits per heavy atom. The highest BCUT2D eigenvalue weighted by molar-refractivity contribution is 5.96. The van der Waals surface area contributed by atoms with Crippen molar-refractivity contribution in [3.05, 3.63) is 34.9 Å². The number of nitrogens with zero attached hydrogens (tertiary/aromatic N) is 1. The number of carbonyl (C=O) groups is 2. The third-order valence-corrected chi connectivity index (χ3v) is 2.90. The van der Waals surface area contributed by atoms with Gasteiger partial charge in [0.15, 0.2) is 0 Å². The van der Waals surface area contributed by atoms with Gasteiger partial charge in [0.05, 0.1) is 6.61 Å². The highest BCUT2D eigenvalue weighted by atomic mass is 19.1. The van der Waals surface area contributed by atoms with Gasteiger partial charge in [-0.1, -0.05) is 13.0 Å². The van der Waals surface area contributed by atoms with E-state index < -0.39 is 29.1 Å². The molecule has 0 bridgehead atoms. The van der Waals surface area contributed by atoms with Gasteiger partial charge in [-0.2, -0.15) is 0 Å². The van der Waals surface area contributed by atoms with E-state index in [9.17, 15) is 18.4 Å². The molecule has 1 aromatic carbocycles. The van der Waals surface area contributed by atoms with E-state index in [1.807, 2.05) is 0 Å². The Balaban J connectivity index is 3.06. The van der Waals surface area contributed by atoms with Crippen molar-refractivity contribution in [1.82, 2.24) is 4.90 Å². The Hall–Kier alpha value is -1.98. The van der Waals surface area contributed by atoms with Crippen molar-refractivity contribution < 1.29 is 23.1 Å². The molecule has 6 heteroatoms. The molecule has 0 aliphatic rings. The lowest BCUT2D eigenvalue weighted by atomic mass is 10.1. The minimum atomic E-state index is -0.937. The Labute approximate surface area is 122 Å². The number of esters is 1. The average molecular weight is 299 g/mol. The molecule has 116 valence electrons. The second-order valence-corrected chi connectivity index (χ2v) is 4.58. The van der Waals surface area contributed by atoms with Gasteiger partial charge in [0, 0.05) is 6.54 Å². The number of hydrogen-bond acceptors (Lipinski definition) is 3. The summed E-state index contributed by atoms with van der Waals surface area (Å²) in [4.78, 5) is 24.9. The fourth-order valence-corrected chi connectivity index (χ4v) is 1.90. The molecule has 1 aromatic rings. The molecule has 4 nitrogen and oxygen atoms in total. The topological polar surface area (TPSA) is 46.6 Å². The van der Waals surface area contributed by atoms with Gasteiger partial charge >= 0.3 is 5.97 Å². The first kappa shape index (κ1) is 17.1. The van der Waals surface area contributed by atoms with Crippen LogP contribution in [0.15, 0.2) is 12.1 Å². The lowest BCUT2D eigenvalue weighted by Crippen LogP contribution is -2.38. The van der Waals surface area contributed by atoms with Crippen LogP contribution in [0.2, 0.25) is 0 Å². The standard InChI is InChI=1S/C15H19F2NO3/c1-4-8-18(9-12(19)21-5-2)15(20)13-11(16)7-6-10(3)14(13)17/h6-7H,4-5,8-9H2,1-3H3. The Morgan fingerprint density at radius 2 is 1.90 bits per heavy atom. The largest absolute Gasteiger partial charge is 0.465 e. The van der Waals surface area contributed by atoms with E-state index in [0.29, 0.717) is 6.42 Å². The van der Waals surface area contributed by atoms with E-state index >= 15 is 0 Å². The molecule has 0 unspecified atom stereocenters. The molecule has 0 atom stereocenters. The van der Waals surface area contributed by atoms with Crippen molar-refractivity contribution in [1.29, 1.82) is 0 Å². The van der Waals surface area contributed by atoms with Crippen molar-refractivity contribution >= 4 is 11.9 Å². The number of carbonyl (C=O) groups excluding carboxylic acids is 2. The van der Waals surface area contributed by atoms with E-state index in [1.165, 1.54) is 13.0 Å². The maximum Gasteiger partial charge on any atom is 0.325 e. The molecule has 0 saturated carbocycles. The molecule has 1 amide bonds. The van der Waals surface area contributed by atoms with E-state index in [4.69, 9.17) is 4.74 Å². The van der Waals surface area contributed by atoms with Gasteiger partial charge in [-0.05, 0) is 31.9 Å².